The average molecular weight is 324 g/mol. The van der Waals surface area contributed by atoms with Gasteiger partial charge in [-0.3, -0.25) is 0 Å². The standard InChI is InChI=1S/C17H29N3OS/c1-3-15-8-9-16(22-15)12-20-17(18-4-2)19-10-5-11-21-13-14-6-7-14/h8-9,14H,3-7,10-13H2,1-2H3,(H2,18,19,20). The fourth-order valence-electron chi connectivity index (χ4n) is 2.11. The summed E-state index contributed by atoms with van der Waals surface area (Å²) in [6.07, 6.45) is 4.85. The minimum absolute atomic E-state index is 0.748. The van der Waals surface area contributed by atoms with Crippen molar-refractivity contribution in [3.8, 4) is 0 Å². The van der Waals surface area contributed by atoms with E-state index in [0.29, 0.717) is 0 Å². The van der Waals surface area contributed by atoms with E-state index in [0.717, 1.165) is 57.6 Å². The number of ether oxygens (including phenoxy) is 1. The van der Waals surface area contributed by atoms with Gasteiger partial charge in [0.25, 0.3) is 0 Å². The lowest BCUT2D eigenvalue weighted by atomic mass is 10.4. The Morgan fingerprint density at radius 3 is 2.77 bits per heavy atom. The van der Waals surface area contributed by atoms with Gasteiger partial charge in [-0.15, -0.1) is 11.3 Å². The molecule has 1 aliphatic rings. The van der Waals surface area contributed by atoms with Crippen molar-refractivity contribution in [3.63, 3.8) is 0 Å². The maximum Gasteiger partial charge on any atom is 0.191 e. The second kappa shape index (κ2) is 9.85. The van der Waals surface area contributed by atoms with Crippen molar-refractivity contribution in [2.24, 2.45) is 10.9 Å². The van der Waals surface area contributed by atoms with Gasteiger partial charge >= 0.3 is 0 Å². The topological polar surface area (TPSA) is 45.7 Å². The van der Waals surface area contributed by atoms with Crippen LogP contribution in [0.2, 0.25) is 0 Å². The van der Waals surface area contributed by atoms with Crippen LogP contribution in [0.1, 0.15) is 42.9 Å². The molecule has 0 atom stereocenters. The van der Waals surface area contributed by atoms with E-state index in [2.05, 4.69) is 41.6 Å². The Morgan fingerprint density at radius 1 is 1.27 bits per heavy atom. The zero-order chi connectivity index (χ0) is 15.6. The summed E-state index contributed by atoms with van der Waals surface area (Å²) in [4.78, 5) is 7.40. The predicted octanol–water partition coefficient (Wildman–Crippen LogP) is 3.18. The molecule has 0 radical (unpaired) electrons. The highest BCUT2D eigenvalue weighted by Crippen LogP contribution is 2.28. The zero-order valence-corrected chi connectivity index (χ0v) is 14.7. The monoisotopic (exact) mass is 323 g/mol. The molecule has 0 bridgehead atoms. The van der Waals surface area contributed by atoms with E-state index in [9.17, 15) is 0 Å². The summed E-state index contributed by atoms with van der Waals surface area (Å²) in [6.45, 7) is 8.61. The van der Waals surface area contributed by atoms with Gasteiger partial charge in [0.1, 0.15) is 0 Å². The van der Waals surface area contributed by atoms with Crippen molar-refractivity contribution < 1.29 is 4.74 Å². The van der Waals surface area contributed by atoms with Crippen molar-refractivity contribution in [1.82, 2.24) is 10.6 Å². The van der Waals surface area contributed by atoms with Crippen molar-refractivity contribution in [1.29, 1.82) is 0 Å². The number of nitrogens with one attached hydrogen (secondary N) is 2. The number of hydrogen-bond donors (Lipinski definition) is 2. The van der Waals surface area contributed by atoms with Crippen LogP contribution in [0.25, 0.3) is 0 Å². The van der Waals surface area contributed by atoms with E-state index >= 15 is 0 Å². The summed E-state index contributed by atoms with van der Waals surface area (Å²) in [5, 5.41) is 6.67. The second-order valence-corrected chi connectivity index (χ2v) is 6.97. The number of hydrogen-bond acceptors (Lipinski definition) is 3. The fraction of sp³-hybridized carbons (Fsp3) is 0.706. The summed E-state index contributed by atoms with van der Waals surface area (Å²) in [5.41, 5.74) is 0. The third-order valence-electron chi connectivity index (χ3n) is 3.61. The quantitative estimate of drug-likeness (QED) is 0.395. The van der Waals surface area contributed by atoms with Crippen LogP contribution in [0.4, 0.5) is 0 Å². The predicted molar refractivity (Wildman–Crippen MR) is 94.7 cm³/mol. The third kappa shape index (κ3) is 6.79. The number of nitrogens with zero attached hydrogens (tertiary/aromatic N) is 1. The SMILES string of the molecule is CCNC(=NCc1ccc(CC)s1)NCCCOCC1CC1. The molecule has 0 amide bonds. The molecule has 1 fully saturated rings. The van der Waals surface area contributed by atoms with E-state index in [4.69, 9.17) is 4.74 Å². The fourth-order valence-corrected chi connectivity index (χ4v) is 2.99. The molecule has 0 saturated heterocycles. The van der Waals surface area contributed by atoms with Crippen LogP contribution >= 0.6 is 11.3 Å². The largest absolute Gasteiger partial charge is 0.381 e. The molecule has 0 unspecified atom stereocenters. The molecule has 22 heavy (non-hydrogen) atoms. The molecule has 4 nitrogen and oxygen atoms in total. The first-order chi connectivity index (χ1) is 10.8. The minimum atomic E-state index is 0.748. The molecule has 124 valence electrons. The number of aliphatic imine (C=N–C) groups is 1. The second-order valence-electron chi connectivity index (χ2n) is 5.72. The maximum absolute atomic E-state index is 5.65. The number of guanidine groups is 1. The first-order valence-corrected chi connectivity index (χ1v) is 9.31. The Labute approximate surface area is 138 Å². The Balaban J connectivity index is 1.64. The van der Waals surface area contributed by atoms with E-state index < -0.39 is 0 Å². The molecule has 0 spiro atoms. The van der Waals surface area contributed by atoms with Crippen molar-refractivity contribution >= 4 is 17.3 Å². The van der Waals surface area contributed by atoms with Crippen LogP contribution < -0.4 is 10.6 Å². The van der Waals surface area contributed by atoms with Gasteiger partial charge in [0.05, 0.1) is 6.54 Å². The van der Waals surface area contributed by atoms with Crippen LogP contribution in [-0.2, 0) is 17.7 Å². The summed E-state index contributed by atoms with van der Waals surface area (Å²) in [5.74, 6) is 1.75. The molecule has 5 heteroatoms. The first kappa shape index (κ1) is 17.3. The van der Waals surface area contributed by atoms with Gasteiger partial charge < -0.3 is 15.4 Å². The Hall–Kier alpha value is -1.07. The van der Waals surface area contributed by atoms with Gasteiger partial charge in [0, 0.05) is 36.1 Å². The summed E-state index contributed by atoms with van der Waals surface area (Å²) in [7, 11) is 0. The molecular weight excluding hydrogens is 294 g/mol. The van der Waals surface area contributed by atoms with Crippen LogP contribution in [-0.4, -0.2) is 32.3 Å². The molecule has 1 heterocycles. The van der Waals surface area contributed by atoms with Crippen molar-refractivity contribution in [2.45, 2.75) is 46.1 Å². The average Bonchev–Trinajstić information content (AvgIpc) is 3.24. The highest BCUT2D eigenvalue weighted by Gasteiger charge is 2.20. The van der Waals surface area contributed by atoms with Gasteiger partial charge in [-0.25, -0.2) is 4.99 Å². The van der Waals surface area contributed by atoms with Crippen LogP contribution in [0.15, 0.2) is 17.1 Å². The summed E-state index contributed by atoms with van der Waals surface area (Å²) < 4.78 is 5.65. The summed E-state index contributed by atoms with van der Waals surface area (Å²) >= 11 is 1.85. The molecule has 2 N–H and O–H groups in total. The number of rotatable bonds is 10. The molecule has 1 aliphatic carbocycles. The van der Waals surface area contributed by atoms with Gasteiger partial charge in [-0.1, -0.05) is 6.92 Å². The minimum Gasteiger partial charge on any atom is -0.381 e. The molecule has 0 aromatic carbocycles. The number of aryl methyl sites for hydroxylation is 1. The van der Waals surface area contributed by atoms with E-state index in [1.54, 1.807) is 0 Å². The third-order valence-corrected chi connectivity index (χ3v) is 4.83. The first-order valence-electron chi connectivity index (χ1n) is 8.49. The van der Waals surface area contributed by atoms with Crippen LogP contribution in [0.5, 0.6) is 0 Å². The molecule has 1 saturated carbocycles. The summed E-state index contributed by atoms with van der Waals surface area (Å²) in [6, 6.07) is 4.38. The Kier molecular flexibility index (Phi) is 7.74. The molecule has 0 aliphatic heterocycles. The normalized spacial score (nSPS) is 15.1. The molecule has 1 aromatic rings. The van der Waals surface area contributed by atoms with Crippen molar-refractivity contribution in [2.75, 3.05) is 26.3 Å². The van der Waals surface area contributed by atoms with Crippen LogP contribution in [0.3, 0.4) is 0 Å². The lowest BCUT2D eigenvalue weighted by Crippen LogP contribution is -2.38. The molecule has 1 aromatic heterocycles. The van der Waals surface area contributed by atoms with Gasteiger partial charge in [-0.05, 0) is 50.7 Å². The molecular formula is C17H29N3OS. The van der Waals surface area contributed by atoms with Crippen LogP contribution in [0, 0.1) is 5.92 Å². The zero-order valence-electron chi connectivity index (χ0n) is 13.9. The Morgan fingerprint density at radius 2 is 2.09 bits per heavy atom. The highest BCUT2D eigenvalue weighted by molar-refractivity contribution is 7.11. The van der Waals surface area contributed by atoms with Gasteiger partial charge in [-0.2, -0.15) is 0 Å². The van der Waals surface area contributed by atoms with Gasteiger partial charge in [0.15, 0.2) is 5.96 Å². The number of thiophene rings is 1. The van der Waals surface area contributed by atoms with Crippen molar-refractivity contribution in [3.05, 3.63) is 21.9 Å². The van der Waals surface area contributed by atoms with E-state index in [1.807, 2.05) is 11.3 Å². The lowest BCUT2D eigenvalue weighted by Gasteiger charge is -2.11. The maximum atomic E-state index is 5.65. The van der Waals surface area contributed by atoms with Gasteiger partial charge in [0.2, 0.25) is 0 Å². The lowest BCUT2D eigenvalue weighted by molar-refractivity contribution is 0.123. The Bertz CT molecular complexity index is 455. The highest BCUT2D eigenvalue weighted by atomic mass is 32.1. The van der Waals surface area contributed by atoms with E-state index in [-0.39, 0.29) is 0 Å². The molecule has 2 rings (SSSR count). The smallest absolute Gasteiger partial charge is 0.191 e. The van der Waals surface area contributed by atoms with E-state index in [1.165, 1.54) is 22.6 Å².